The van der Waals surface area contributed by atoms with Crippen molar-refractivity contribution in [2.75, 3.05) is 5.32 Å². The van der Waals surface area contributed by atoms with Crippen LogP contribution in [0.5, 0.6) is 0 Å². The molecule has 0 bridgehead atoms. The number of imidazole rings is 1. The average molecular weight is 313 g/mol. The number of carbonyl (C=O) groups excluding carboxylic acids is 1. The van der Waals surface area contributed by atoms with E-state index in [-0.39, 0.29) is 11.8 Å². The molecule has 120 valence electrons. The lowest BCUT2D eigenvalue weighted by Gasteiger charge is -2.17. The van der Waals surface area contributed by atoms with E-state index in [1.807, 2.05) is 44.5 Å². The van der Waals surface area contributed by atoms with Gasteiger partial charge in [-0.05, 0) is 19.9 Å². The second-order valence-electron chi connectivity index (χ2n) is 5.78. The molecule has 0 aromatic carbocycles. The zero-order valence-electron chi connectivity index (χ0n) is 13.6. The van der Waals surface area contributed by atoms with E-state index in [4.69, 9.17) is 0 Å². The summed E-state index contributed by atoms with van der Waals surface area (Å²) in [5.74, 6) is 1.74. The van der Waals surface area contributed by atoms with Crippen LogP contribution in [-0.2, 0) is 4.79 Å². The van der Waals surface area contributed by atoms with Crippen LogP contribution in [-0.4, -0.2) is 35.0 Å². The van der Waals surface area contributed by atoms with Crippen molar-refractivity contribution < 1.29 is 4.79 Å². The predicted octanol–water partition coefficient (Wildman–Crippen LogP) is 1.95. The normalized spacial score (nSPS) is 12.7. The summed E-state index contributed by atoms with van der Waals surface area (Å²) in [4.78, 5) is 21.1. The summed E-state index contributed by atoms with van der Waals surface area (Å²) in [6.07, 6.45) is 5.30. The van der Waals surface area contributed by atoms with Crippen molar-refractivity contribution in [1.29, 1.82) is 0 Å². The average Bonchev–Trinajstić information content (AvgIpc) is 3.13. The molecule has 0 aliphatic carbocycles. The Balaban J connectivity index is 1.84. The van der Waals surface area contributed by atoms with Gasteiger partial charge in [-0.15, -0.1) is 10.2 Å². The third-order valence-electron chi connectivity index (χ3n) is 3.67. The first-order valence-corrected chi connectivity index (χ1v) is 7.49. The minimum Gasteiger partial charge on any atom is -0.323 e. The highest BCUT2D eigenvalue weighted by molar-refractivity contribution is 5.92. The van der Waals surface area contributed by atoms with E-state index in [1.54, 1.807) is 16.8 Å². The molecule has 23 heavy (non-hydrogen) atoms. The van der Waals surface area contributed by atoms with E-state index < -0.39 is 6.04 Å². The molecule has 3 aromatic heterocycles. The van der Waals surface area contributed by atoms with Gasteiger partial charge in [-0.3, -0.25) is 14.5 Å². The molecule has 1 atom stereocenters. The van der Waals surface area contributed by atoms with Gasteiger partial charge in [0.05, 0.1) is 0 Å². The molecule has 0 fully saturated rings. The van der Waals surface area contributed by atoms with Crippen LogP contribution in [0.1, 0.15) is 44.2 Å². The second kappa shape index (κ2) is 5.79. The fourth-order valence-electron chi connectivity index (χ4n) is 2.40. The maximum Gasteiger partial charge on any atom is 0.256 e. The summed E-state index contributed by atoms with van der Waals surface area (Å²) in [6.45, 7) is 7.79. The SMILES string of the molecule is Cc1ccn2c(NC(=O)C(C)n3ccnc3C(C)C)nnc2n1. The number of fused-ring (bicyclic) bond motifs is 1. The molecule has 1 unspecified atom stereocenters. The first kappa shape index (κ1) is 15.1. The third kappa shape index (κ3) is 2.79. The van der Waals surface area contributed by atoms with Crippen molar-refractivity contribution in [2.24, 2.45) is 0 Å². The summed E-state index contributed by atoms with van der Waals surface area (Å²) >= 11 is 0. The maximum atomic E-state index is 12.5. The fraction of sp³-hybridized carbons (Fsp3) is 0.400. The highest BCUT2D eigenvalue weighted by Crippen LogP contribution is 2.18. The molecule has 8 nitrogen and oxygen atoms in total. The zero-order chi connectivity index (χ0) is 16.6. The van der Waals surface area contributed by atoms with Crippen LogP contribution in [0.15, 0.2) is 24.7 Å². The summed E-state index contributed by atoms with van der Waals surface area (Å²) in [5.41, 5.74) is 0.844. The van der Waals surface area contributed by atoms with E-state index in [1.165, 1.54) is 0 Å². The Morgan fingerprint density at radius 2 is 2.00 bits per heavy atom. The molecule has 0 saturated carbocycles. The van der Waals surface area contributed by atoms with Crippen LogP contribution in [0.2, 0.25) is 0 Å². The number of hydrogen-bond acceptors (Lipinski definition) is 5. The molecule has 1 N–H and O–H groups in total. The van der Waals surface area contributed by atoms with E-state index in [0.717, 1.165) is 11.5 Å². The Morgan fingerprint density at radius 3 is 2.74 bits per heavy atom. The Bertz CT molecular complexity index is 849. The summed E-state index contributed by atoms with van der Waals surface area (Å²) in [7, 11) is 0. The highest BCUT2D eigenvalue weighted by Gasteiger charge is 2.21. The molecule has 3 heterocycles. The smallest absolute Gasteiger partial charge is 0.256 e. The van der Waals surface area contributed by atoms with E-state index >= 15 is 0 Å². The van der Waals surface area contributed by atoms with E-state index in [0.29, 0.717) is 11.7 Å². The van der Waals surface area contributed by atoms with Gasteiger partial charge >= 0.3 is 0 Å². The molecule has 8 heteroatoms. The molecular formula is C15H19N7O. The van der Waals surface area contributed by atoms with Gasteiger partial charge in [0.2, 0.25) is 11.9 Å². The van der Waals surface area contributed by atoms with Gasteiger partial charge in [0.15, 0.2) is 0 Å². The Morgan fingerprint density at radius 1 is 1.22 bits per heavy atom. The Hall–Kier alpha value is -2.77. The number of aromatic nitrogens is 6. The lowest BCUT2D eigenvalue weighted by atomic mass is 10.2. The van der Waals surface area contributed by atoms with Crippen molar-refractivity contribution in [3.63, 3.8) is 0 Å². The van der Waals surface area contributed by atoms with Crippen molar-refractivity contribution in [1.82, 2.24) is 29.1 Å². The van der Waals surface area contributed by atoms with Crippen molar-refractivity contribution in [3.8, 4) is 0 Å². The number of aryl methyl sites for hydroxylation is 1. The summed E-state index contributed by atoms with van der Waals surface area (Å²) in [5, 5.41) is 10.8. The van der Waals surface area contributed by atoms with Gasteiger partial charge in [-0.1, -0.05) is 13.8 Å². The maximum absolute atomic E-state index is 12.5. The van der Waals surface area contributed by atoms with Gasteiger partial charge in [0.25, 0.3) is 5.78 Å². The van der Waals surface area contributed by atoms with Gasteiger partial charge in [-0.2, -0.15) is 0 Å². The first-order valence-electron chi connectivity index (χ1n) is 7.49. The lowest BCUT2D eigenvalue weighted by molar-refractivity contribution is -0.118. The Labute approximate surface area is 133 Å². The van der Waals surface area contributed by atoms with Crippen LogP contribution in [0.3, 0.4) is 0 Å². The number of nitrogens with one attached hydrogen (secondary N) is 1. The first-order chi connectivity index (χ1) is 11.0. The van der Waals surface area contributed by atoms with E-state index in [2.05, 4.69) is 25.5 Å². The molecule has 3 aromatic rings. The van der Waals surface area contributed by atoms with Crippen molar-refractivity contribution >= 4 is 17.6 Å². The van der Waals surface area contributed by atoms with Crippen LogP contribution in [0, 0.1) is 6.92 Å². The van der Waals surface area contributed by atoms with Crippen molar-refractivity contribution in [2.45, 2.75) is 39.7 Å². The molecule has 1 amide bonds. The van der Waals surface area contributed by atoms with E-state index in [9.17, 15) is 4.79 Å². The monoisotopic (exact) mass is 313 g/mol. The van der Waals surface area contributed by atoms with Crippen LogP contribution in [0.25, 0.3) is 5.78 Å². The zero-order valence-corrected chi connectivity index (χ0v) is 13.6. The quantitative estimate of drug-likeness (QED) is 0.795. The number of carbonyl (C=O) groups is 1. The largest absolute Gasteiger partial charge is 0.323 e. The van der Waals surface area contributed by atoms with Gasteiger partial charge in [0, 0.05) is 30.2 Å². The van der Waals surface area contributed by atoms with Gasteiger partial charge in [0.1, 0.15) is 11.9 Å². The van der Waals surface area contributed by atoms with Gasteiger partial charge < -0.3 is 4.57 Å². The molecule has 0 saturated heterocycles. The number of rotatable bonds is 4. The second-order valence-corrected chi connectivity index (χ2v) is 5.78. The molecule has 0 spiro atoms. The van der Waals surface area contributed by atoms with Crippen LogP contribution < -0.4 is 5.32 Å². The van der Waals surface area contributed by atoms with Crippen molar-refractivity contribution in [3.05, 3.63) is 36.2 Å². The predicted molar refractivity (Wildman–Crippen MR) is 85.2 cm³/mol. The third-order valence-corrected chi connectivity index (χ3v) is 3.67. The molecule has 0 aliphatic heterocycles. The number of amides is 1. The molecular weight excluding hydrogens is 294 g/mol. The number of hydrogen-bond donors (Lipinski definition) is 1. The fourth-order valence-corrected chi connectivity index (χ4v) is 2.40. The highest BCUT2D eigenvalue weighted by atomic mass is 16.2. The number of nitrogens with zero attached hydrogens (tertiary/aromatic N) is 6. The summed E-state index contributed by atoms with van der Waals surface area (Å²) < 4.78 is 3.51. The number of anilines is 1. The summed E-state index contributed by atoms with van der Waals surface area (Å²) in [6, 6.07) is 1.43. The standard InChI is InChI=1S/C15H19N7O/c1-9(2)12-16-6-8-21(12)11(4)13(23)18-15-20-19-14-17-10(3)5-7-22(14)15/h5-9,11H,1-4H3,(H,18,20,23). The Kier molecular flexibility index (Phi) is 3.81. The lowest BCUT2D eigenvalue weighted by Crippen LogP contribution is -2.26. The molecule has 0 radical (unpaired) electrons. The molecule has 0 aliphatic rings. The van der Waals surface area contributed by atoms with Crippen LogP contribution >= 0.6 is 0 Å². The topological polar surface area (TPSA) is 90.0 Å². The van der Waals surface area contributed by atoms with Crippen LogP contribution in [0.4, 0.5) is 5.95 Å². The minimum atomic E-state index is -0.402. The molecule has 3 rings (SSSR count). The minimum absolute atomic E-state index is 0.181. The van der Waals surface area contributed by atoms with Gasteiger partial charge in [-0.25, -0.2) is 9.97 Å².